The van der Waals surface area contributed by atoms with E-state index in [1.54, 1.807) is 13.8 Å². The largest absolute Gasteiger partial charge is 0.481 e. The van der Waals surface area contributed by atoms with Crippen LogP contribution in [0.5, 0.6) is 0 Å². The van der Waals surface area contributed by atoms with E-state index in [1.807, 2.05) is 0 Å². The lowest BCUT2D eigenvalue weighted by atomic mass is 9.97. The average molecular weight is 506 g/mol. The van der Waals surface area contributed by atoms with Gasteiger partial charge >= 0.3 is 11.9 Å². The van der Waals surface area contributed by atoms with Gasteiger partial charge in [-0.3, -0.25) is 24.2 Å². The Morgan fingerprint density at radius 2 is 1.56 bits per heavy atom. The Hall–Kier alpha value is -3.07. The maximum atomic E-state index is 12.8. The fourth-order valence-electron chi connectivity index (χ4n) is 2.73. The minimum absolute atomic E-state index is 0.0514. The van der Waals surface area contributed by atoms with Gasteiger partial charge in [-0.1, -0.05) is 20.3 Å². The zero-order valence-corrected chi connectivity index (χ0v) is 20.1. The number of aliphatic imine (C=N–C) groups is 1. The second-order valence-corrected chi connectivity index (χ2v) is 8.03. The van der Waals surface area contributed by atoms with E-state index < -0.39 is 60.2 Å². The predicted octanol–water partition coefficient (Wildman–Crippen LogP) is -2.64. The van der Waals surface area contributed by atoms with Crippen LogP contribution < -0.4 is 33.2 Å². The van der Waals surface area contributed by atoms with Gasteiger partial charge in [0.15, 0.2) is 5.96 Å². The Balaban J connectivity index is 5.30. The van der Waals surface area contributed by atoms with Gasteiger partial charge in [0.25, 0.3) is 0 Å². The Morgan fingerprint density at radius 3 is 2.03 bits per heavy atom. The van der Waals surface area contributed by atoms with Gasteiger partial charge < -0.3 is 43.4 Å². The first kappa shape index (κ1) is 30.9. The van der Waals surface area contributed by atoms with E-state index in [9.17, 15) is 29.1 Å². The maximum absolute atomic E-state index is 12.8. The van der Waals surface area contributed by atoms with E-state index in [-0.39, 0.29) is 30.6 Å². The summed E-state index contributed by atoms with van der Waals surface area (Å²) in [5.41, 5.74) is 15.9. The van der Waals surface area contributed by atoms with E-state index in [0.717, 1.165) is 0 Å². The number of carboxylic acid groups (broad SMARTS) is 2. The van der Waals surface area contributed by atoms with Crippen LogP contribution in [0.15, 0.2) is 4.99 Å². The van der Waals surface area contributed by atoms with Gasteiger partial charge in [0.05, 0.1) is 12.5 Å². The number of carbonyl (C=O) groups excluding carboxylic acids is 3. The Bertz CT molecular complexity index is 761. The van der Waals surface area contributed by atoms with Crippen LogP contribution in [-0.2, 0) is 24.0 Å². The number of guanidine groups is 1. The van der Waals surface area contributed by atoms with E-state index >= 15 is 0 Å². The van der Waals surface area contributed by atoms with Gasteiger partial charge in [0.1, 0.15) is 18.1 Å². The van der Waals surface area contributed by atoms with Crippen molar-refractivity contribution in [2.45, 2.75) is 63.7 Å². The maximum Gasteiger partial charge on any atom is 0.326 e. The standard InChI is InChI=1S/C19H35N7O7S/c1-3-9(2)14(17(31)24-11(18(32)33)5-4-6-23-19(21)22)26-16(30)12(8-34)25-15(29)10(20)7-13(27)28/h9-12,14,34H,3-8,20H2,1-2H3,(H,24,31)(H,25,29)(H,26,30)(H,27,28)(H,32,33)(H4,21,22,23). The summed E-state index contributed by atoms with van der Waals surface area (Å²) in [7, 11) is 0. The van der Waals surface area contributed by atoms with Gasteiger partial charge in [-0.25, -0.2) is 4.79 Å². The molecule has 0 heterocycles. The molecule has 11 N–H and O–H groups in total. The van der Waals surface area contributed by atoms with Gasteiger partial charge in [0.2, 0.25) is 17.7 Å². The Labute approximate surface area is 202 Å². The fraction of sp³-hybridized carbons (Fsp3) is 0.684. The van der Waals surface area contributed by atoms with Crippen molar-refractivity contribution in [3.63, 3.8) is 0 Å². The number of amides is 3. The molecule has 0 saturated carbocycles. The smallest absolute Gasteiger partial charge is 0.326 e. The summed E-state index contributed by atoms with van der Waals surface area (Å²) in [6.45, 7) is 3.65. The summed E-state index contributed by atoms with van der Waals surface area (Å²) in [4.78, 5) is 63.7. The summed E-state index contributed by atoms with van der Waals surface area (Å²) in [6.07, 6.45) is 0.183. The molecule has 34 heavy (non-hydrogen) atoms. The lowest BCUT2D eigenvalue weighted by Crippen LogP contribution is -2.59. The van der Waals surface area contributed by atoms with Crippen molar-refractivity contribution in [2.24, 2.45) is 28.1 Å². The normalized spacial score (nSPS) is 15.1. The molecule has 14 nitrogen and oxygen atoms in total. The monoisotopic (exact) mass is 505 g/mol. The van der Waals surface area contributed by atoms with Crippen molar-refractivity contribution >= 4 is 48.2 Å². The summed E-state index contributed by atoms with van der Waals surface area (Å²) in [5.74, 6) is -5.57. The summed E-state index contributed by atoms with van der Waals surface area (Å²) >= 11 is 4.02. The highest BCUT2D eigenvalue weighted by Gasteiger charge is 2.32. The molecule has 0 fully saturated rings. The van der Waals surface area contributed by atoms with E-state index in [0.29, 0.717) is 12.8 Å². The third-order valence-corrected chi connectivity index (χ3v) is 5.27. The minimum Gasteiger partial charge on any atom is -0.481 e. The number of hydrogen-bond acceptors (Lipinski definition) is 8. The second-order valence-electron chi connectivity index (χ2n) is 7.67. The van der Waals surface area contributed by atoms with Crippen molar-refractivity contribution in [3.8, 4) is 0 Å². The van der Waals surface area contributed by atoms with Crippen molar-refractivity contribution in [1.29, 1.82) is 0 Å². The number of nitrogens with two attached hydrogens (primary N) is 3. The van der Waals surface area contributed by atoms with Gasteiger partial charge in [-0.2, -0.15) is 12.6 Å². The SMILES string of the molecule is CCC(C)C(NC(=O)C(CS)NC(=O)C(N)CC(=O)O)C(=O)NC(CCCN=C(N)N)C(=O)O. The molecule has 0 bridgehead atoms. The van der Waals surface area contributed by atoms with Crippen molar-refractivity contribution < 1.29 is 34.2 Å². The molecule has 0 rings (SSSR count). The van der Waals surface area contributed by atoms with Crippen LogP contribution in [0, 0.1) is 5.92 Å². The molecule has 15 heteroatoms. The van der Waals surface area contributed by atoms with Crippen LogP contribution in [0.4, 0.5) is 0 Å². The third kappa shape index (κ3) is 11.7. The molecule has 3 amide bonds. The number of nitrogens with one attached hydrogen (secondary N) is 3. The van der Waals surface area contributed by atoms with Crippen LogP contribution in [0.25, 0.3) is 0 Å². The number of nitrogens with zero attached hydrogens (tertiary/aromatic N) is 1. The molecule has 0 spiro atoms. The fourth-order valence-corrected chi connectivity index (χ4v) is 2.99. The first-order valence-electron chi connectivity index (χ1n) is 10.6. The van der Waals surface area contributed by atoms with Crippen molar-refractivity contribution in [3.05, 3.63) is 0 Å². The number of rotatable bonds is 16. The third-order valence-electron chi connectivity index (χ3n) is 4.90. The van der Waals surface area contributed by atoms with Crippen molar-refractivity contribution in [2.75, 3.05) is 12.3 Å². The number of carbonyl (C=O) groups is 5. The topological polar surface area (TPSA) is 252 Å². The molecular formula is C19H35N7O7S. The van der Waals surface area contributed by atoms with Gasteiger partial charge in [-0.15, -0.1) is 0 Å². The average Bonchev–Trinajstić information content (AvgIpc) is 2.75. The van der Waals surface area contributed by atoms with Crippen LogP contribution in [-0.4, -0.2) is 82.3 Å². The second kappa shape index (κ2) is 15.7. The van der Waals surface area contributed by atoms with E-state index in [2.05, 4.69) is 33.6 Å². The summed E-state index contributed by atoms with van der Waals surface area (Å²) in [6, 6.07) is -4.93. The first-order valence-corrected chi connectivity index (χ1v) is 11.2. The molecular weight excluding hydrogens is 470 g/mol. The Kier molecular flexibility index (Phi) is 14.3. The number of carboxylic acids is 2. The molecule has 0 radical (unpaired) electrons. The summed E-state index contributed by atoms with van der Waals surface area (Å²) < 4.78 is 0. The molecule has 0 aliphatic heterocycles. The number of aliphatic carboxylic acids is 2. The molecule has 0 aliphatic carbocycles. The predicted molar refractivity (Wildman–Crippen MR) is 127 cm³/mol. The minimum atomic E-state index is -1.38. The zero-order chi connectivity index (χ0) is 26.4. The van der Waals surface area contributed by atoms with Crippen LogP contribution >= 0.6 is 12.6 Å². The summed E-state index contributed by atoms with van der Waals surface area (Å²) in [5, 5.41) is 25.4. The van der Waals surface area contributed by atoms with Gasteiger partial charge in [-0.05, 0) is 18.8 Å². The lowest BCUT2D eigenvalue weighted by molar-refractivity contribution is -0.142. The highest BCUT2D eigenvalue weighted by Crippen LogP contribution is 2.10. The molecule has 0 aromatic rings. The number of thiol groups is 1. The zero-order valence-electron chi connectivity index (χ0n) is 19.2. The molecule has 194 valence electrons. The Morgan fingerprint density at radius 1 is 0.971 bits per heavy atom. The van der Waals surface area contributed by atoms with Crippen LogP contribution in [0.1, 0.15) is 39.5 Å². The first-order chi connectivity index (χ1) is 15.8. The molecule has 0 saturated heterocycles. The van der Waals surface area contributed by atoms with Crippen LogP contribution in [0.3, 0.4) is 0 Å². The molecule has 5 unspecified atom stereocenters. The highest BCUT2D eigenvalue weighted by atomic mass is 32.1. The quantitative estimate of drug-likeness (QED) is 0.0456. The molecule has 5 atom stereocenters. The van der Waals surface area contributed by atoms with E-state index in [4.69, 9.17) is 22.3 Å². The van der Waals surface area contributed by atoms with Crippen LogP contribution in [0.2, 0.25) is 0 Å². The lowest BCUT2D eigenvalue weighted by Gasteiger charge is -2.27. The molecule has 0 aromatic carbocycles. The van der Waals surface area contributed by atoms with E-state index in [1.165, 1.54) is 0 Å². The van der Waals surface area contributed by atoms with Crippen molar-refractivity contribution in [1.82, 2.24) is 16.0 Å². The molecule has 0 aliphatic rings. The number of hydrogen-bond donors (Lipinski definition) is 9. The molecule has 0 aromatic heterocycles. The highest BCUT2D eigenvalue weighted by molar-refractivity contribution is 7.80. The van der Waals surface area contributed by atoms with Gasteiger partial charge in [0, 0.05) is 12.3 Å².